The first-order chi connectivity index (χ1) is 6.31. The van der Waals surface area contributed by atoms with Crippen LogP contribution in [0.5, 0.6) is 0 Å². The highest BCUT2D eigenvalue weighted by molar-refractivity contribution is 8.21. The number of imidazole rings is 1. The van der Waals surface area contributed by atoms with Gasteiger partial charge in [0.1, 0.15) is 5.03 Å². The topological polar surface area (TPSA) is 61.8 Å². The molecule has 0 unspecified atom stereocenters. The number of hydrogen-bond donors (Lipinski definition) is 2. The minimum Gasteiger partial charge on any atom is -0.493 e. The summed E-state index contributed by atoms with van der Waals surface area (Å²) in [5.74, 6) is 1.07. The molecule has 1 heterocycles. The van der Waals surface area contributed by atoms with Gasteiger partial charge in [0.2, 0.25) is 0 Å². The van der Waals surface area contributed by atoms with E-state index in [-0.39, 0.29) is 0 Å². The SMILES string of the molecule is CO/C(=C/C=N)c1ncc(SCl)[nH]1. The van der Waals surface area contributed by atoms with Crippen LogP contribution in [0.1, 0.15) is 5.82 Å². The number of ether oxygens (including phenoxy) is 1. The van der Waals surface area contributed by atoms with Crippen molar-refractivity contribution in [3.05, 3.63) is 18.1 Å². The molecule has 0 fully saturated rings. The van der Waals surface area contributed by atoms with Crippen molar-refractivity contribution in [2.24, 2.45) is 0 Å². The predicted octanol–water partition coefficient (Wildman–Crippen LogP) is 2.29. The summed E-state index contributed by atoms with van der Waals surface area (Å²) in [5, 5.41) is 7.62. The molecule has 0 aliphatic rings. The molecule has 1 aromatic heterocycles. The Bertz CT molecular complexity index is 323. The molecule has 70 valence electrons. The van der Waals surface area contributed by atoms with Gasteiger partial charge in [0, 0.05) is 23.3 Å². The molecule has 0 amide bonds. The first-order valence-corrected chi connectivity index (χ1v) is 5.04. The Hall–Kier alpha value is -0.940. The third-order valence-corrected chi connectivity index (χ3v) is 2.20. The van der Waals surface area contributed by atoms with Crippen molar-refractivity contribution >= 4 is 33.6 Å². The minimum absolute atomic E-state index is 0.506. The van der Waals surface area contributed by atoms with E-state index in [0.717, 1.165) is 22.2 Å². The van der Waals surface area contributed by atoms with E-state index in [1.807, 2.05) is 0 Å². The molecule has 6 heteroatoms. The summed E-state index contributed by atoms with van der Waals surface area (Å²) in [6.45, 7) is 0. The van der Waals surface area contributed by atoms with Crippen LogP contribution in [0.4, 0.5) is 0 Å². The summed E-state index contributed by atoms with van der Waals surface area (Å²) in [6.07, 6.45) is 4.24. The Balaban J connectivity index is 2.91. The zero-order valence-electron chi connectivity index (χ0n) is 6.87. The van der Waals surface area contributed by atoms with Crippen molar-refractivity contribution < 1.29 is 4.74 Å². The minimum atomic E-state index is 0.506. The second-order valence-electron chi connectivity index (χ2n) is 2.07. The summed E-state index contributed by atoms with van der Waals surface area (Å²) in [7, 11) is 8.07. The van der Waals surface area contributed by atoms with E-state index in [1.165, 1.54) is 13.2 Å². The number of nitrogens with zero attached hydrogens (tertiary/aromatic N) is 1. The quantitative estimate of drug-likeness (QED) is 0.601. The van der Waals surface area contributed by atoms with Crippen molar-refractivity contribution in [2.45, 2.75) is 5.03 Å². The summed E-state index contributed by atoms with van der Waals surface area (Å²) in [6, 6.07) is 0. The molecule has 1 rings (SSSR count). The van der Waals surface area contributed by atoms with Gasteiger partial charge in [0.05, 0.1) is 13.3 Å². The number of methoxy groups -OCH3 is 1. The van der Waals surface area contributed by atoms with E-state index < -0.39 is 0 Å². The number of allylic oxidation sites excluding steroid dienone is 1. The molecular weight excluding hydrogens is 210 g/mol. The lowest BCUT2D eigenvalue weighted by atomic mass is 10.4. The van der Waals surface area contributed by atoms with Gasteiger partial charge in [-0.2, -0.15) is 0 Å². The van der Waals surface area contributed by atoms with Crippen LogP contribution < -0.4 is 0 Å². The summed E-state index contributed by atoms with van der Waals surface area (Å²) >= 11 is 0. The van der Waals surface area contributed by atoms with Crippen LogP contribution in [-0.4, -0.2) is 23.3 Å². The van der Waals surface area contributed by atoms with Crippen molar-refractivity contribution in [3.63, 3.8) is 0 Å². The number of rotatable bonds is 4. The Morgan fingerprint density at radius 2 is 2.62 bits per heavy atom. The van der Waals surface area contributed by atoms with E-state index >= 15 is 0 Å². The van der Waals surface area contributed by atoms with Crippen LogP contribution >= 0.6 is 21.7 Å². The second kappa shape index (κ2) is 4.94. The number of halogens is 1. The maximum atomic E-state index is 6.88. The van der Waals surface area contributed by atoms with Gasteiger partial charge in [0.25, 0.3) is 0 Å². The van der Waals surface area contributed by atoms with Crippen LogP contribution in [0.15, 0.2) is 17.3 Å². The first kappa shape index (κ1) is 10.1. The molecule has 0 bridgehead atoms. The van der Waals surface area contributed by atoms with Crippen LogP contribution in [0.25, 0.3) is 5.76 Å². The van der Waals surface area contributed by atoms with Crippen LogP contribution in [-0.2, 0) is 4.74 Å². The van der Waals surface area contributed by atoms with Crippen LogP contribution in [0.3, 0.4) is 0 Å². The monoisotopic (exact) mass is 217 g/mol. The molecule has 0 saturated carbocycles. The van der Waals surface area contributed by atoms with Gasteiger partial charge in [-0.1, -0.05) is 0 Å². The van der Waals surface area contributed by atoms with Crippen LogP contribution in [0.2, 0.25) is 0 Å². The first-order valence-electron chi connectivity index (χ1n) is 3.40. The van der Waals surface area contributed by atoms with Gasteiger partial charge in [-0.05, 0) is 10.7 Å². The van der Waals surface area contributed by atoms with Crippen molar-refractivity contribution in [3.8, 4) is 0 Å². The molecule has 4 nitrogen and oxygen atoms in total. The molecular formula is C7H8ClN3OS. The predicted molar refractivity (Wildman–Crippen MR) is 54.1 cm³/mol. The van der Waals surface area contributed by atoms with Crippen molar-refractivity contribution in [1.82, 2.24) is 9.97 Å². The number of H-pyrrole nitrogens is 1. The van der Waals surface area contributed by atoms with E-state index in [9.17, 15) is 0 Å². The summed E-state index contributed by atoms with van der Waals surface area (Å²) in [5.41, 5.74) is 0. The van der Waals surface area contributed by atoms with E-state index in [1.54, 1.807) is 6.20 Å². The molecule has 0 aliphatic carbocycles. The number of aromatic amines is 1. The standard InChI is InChI=1S/C7H8ClN3OS/c1-12-5(2-3-9)7-10-4-6(11-7)13-8/h2-4,9H,1H3,(H,10,11)/b5-2+,9-3?. The third kappa shape index (κ3) is 2.50. The average molecular weight is 218 g/mol. The number of nitrogens with one attached hydrogen (secondary N) is 2. The molecule has 2 N–H and O–H groups in total. The lowest BCUT2D eigenvalue weighted by molar-refractivity contribution is 0.367. The Kier molecular flexibility index (Phi) is 3.85. The second-order valence-corrected chi connectivity index (χ2v) is 3.13. The largest absolute Gasteiger partial charge is 0.493 e. The maximum absolute atomic E-state index is 6.88. The fraction of sp³-hybridized carbons (Fsp3) is 0.143. The highest BCUT2D eigenvalue weighted by Crippen LogP contribution is 2.21. The smallest absolute Gasteiger partial charge is 0.173 e. The zero-order valence-corrected chi connectivity index (χ0v) is 8.45. The van der Waals surface area contributed by atoms with Crippen LogP contribution in [0, 0.1) is 5.41 Å². The Morgan fingerprint density at radius 1 is 1.85 bits per heavy atom. The molecule has 13 heavy (non-hydrogen) atoms. The lowest BCUT2D eigenvalue weighted by Crippen LogP contribution is -1.90. The molecule has 0 radical (unpaired) electrons. The van der Waals surface area contributed by atoms with E-state index in [0.29, 0.717) is 11.6 Å². The Morgan fingerprint density at radius 3 is 3.08 bits per heavy atom. The number of aromatic nitrogens is 2. The van der Waals surface area contributed by atoms with Crippen molar-refractivity contribution in [2.75, 3.05) is 7.11 Å². The fourth-order valence-electron chi connectivity index (χ4n) is 0.788. The molecule has 0 saturated heterocycles. The molecule has 0 spiro atoms. The summed E-state index contributed by atoms with van der Waals surface area (Å²) < 4.78 is 5.00. The van der Waals surface area contributed by atoms with Gasteiger partial charge < -0.3 is 15.1 Å². The normalized spacial score (nSPS) is 11.4. The van der Waals surface area contributed by atoms with Gasteiger partial charge in [-0.25, -0.2) is 4.98 Å². The van der Waals surface area contributed by atoms with Gasteiger partial charge in [0.15, 0.2) is 11.6 Å². The molecule has 0 aromatic carbocycles. The van der Waals surface area contributed by atoms with Gasteiger partial charge in [-0.3, -0.25) is 0 Å². The van der Waals surface area contributed by atoms with E-state index in [2.05, 4.69) is 9.97 Å². The maximum Gasteiger partial charge on any atom is 0.173 e. The van der Waals surface area contributed by atoms with Gasteiger partial charge >= 0.3 is 0 Å². The molecule has 0 atom stereocenters. The number of hydrogen-bond acceptors (Lipinski definition) is 4. The van der Waals surface area contributed by atoms with Crippen molar-refractivity contribution in [1.29, 1.82) is 5.41 Å². The highest BCUT2D eigenvalue weighted by Gasteiger charge is 2.05. The van der Waals surface area contributed by atoms with Gasteiger partial charge in [-0.15, -0.1) is 0 Å². The summed E-state index contributed by atoms with van der Waals surface area (Å²) in [4.78, 5) is 6.94. The lowest BCUT2D eigenvalue weighted by Gasteiger charge is -1.99. The Labute approximate surface area is 84.4 Å². The highest BCUT2D eigenvalue weighted by atomic mass is 35.7. The molecule has 0 aliphatic heterocycles. The third-order valence-electron chi connectivity index (χ3n) is 1.32. The zero-order chi connectivity index (χ0) is 9.68. The van der Waals surface area contributed by atoms with E-state index in [4.69, 9.17) is 20.8 Å². The average Bonchev–Trinajstić information content (AvgIpc) is 2.62. The fourth-order valence-corrected chi connectivity index (χ4v) is 1.25. The molecule has 1 aromatic rings.